The van der Waals surface area contributed by atoms with Crippen LogP contribution in [0.15, 0.2) is 42.7 Å². The van der Waals surface area contributed by atoms with E-state index in [9.17, 15) is 4.79 Å². The summed E-state index contributed by atoms with van der Waals surface area (Å²) >= 11 is 0. The van der Waals surface area contributed by atoms with E-state index in [4.69, 9.17) is 9.47 Å². The fourth-order valence-electron chi connectivity index (χ4n) is 2.78. The van der Waals surface area contributed by atoms with Gasteiger partial charge in [0, 0.05) is 12.3 Å². The molecular formula is C20H23N5O3. The minimum Gasteiger partial charge on any atom is -0.494 e. The van der Waals surface area contributed by atoms with Crippen LogP contribution < -0.4 is 14.8 Å². The highest BCUT2D eigenvalue weighted by Crippen LogP contribution is 2.23. The minimum atomic E-state index is -0.367. The second-order valence-electron chi connectivity index (χ2n) is 6.34. The predicted octanol–water partition coefficient (Wildman–Crippen LogP) is 3.27. The van der Waals surface area contributed by atoms with Gasteiger partial charge in [-0.25, -0.2) is 4.68 Å². The zero-order valence-electron chi connectivity index (χ0n) is 16.3. The maximum absolute atomic E-state index is 12.8. The quantitative estimate of drug-likeness (QED) is 0.675. The Hall–Kier alpha value is -3.42. The number of benzene rings is 1. The number of nitrogens with one attached hydrogen (secondary N) is 1. The lowest BCUT2D eigenvalue weighted by Gasteiger charge is -2.11. The van der Waals surface area contributed by atoms with E-state index in [1.165, 1.54) is 13.3 Å². The van der Waals surface area contributed by atoms with Gasteiger partial charge in [0.1, 0.15) is 17.2 Å². The lowest BCUT2D eigenvalue weighted by Crippen LogP contribution is -2.16. The van der Waals surface area contributed by atoms with Crippen molar-refractivity contribution in [1.82, 2.24) is 20.0 Å². The molecule has 0 fully saturated rings. The van der Waals surface area contributed by atoms with Crippen LogP contribution in [-0.4, -0.2) is 39.1 Å². The van der Waals surface area contributed by atoms with Gasteiger partial charge in [-0.15, -0.1) is 5.10 Å². The van der Waals surface area contributed by atoms with Gasteiger partial charge >= 0.3 is 0 Å². The second-order valence-corrected chi connectivity index (χ2v) is 6.34. The fraction of sp³-hybridized carbons (Fsp3) is 0.300. The highest BCUT2D eigenvalue weighted by Gasteiger charge is 2.20. The Labute approximate surface area is 163 Å². The number of methoxy groups -OCH3 is 1. The predicted molar refractivity (Wildman–Crippen MR) is 105 cm³/mol. The summed E-state index contributed by atoms with van der Waals surface area (Å²) in [5.41, 5.74) is 2.24. The molecule has 8 nitrogen and oxygen atoms in total. The maximum Gasteiger partial charge on any atom is 0.278 e. The number of hydrogen-bond donors (Lipinski definition) is 1. The van der Waals surface area contributed by atoms with E-state index < -0.39 is 0 Å². The molecule has 0 aliphatic rings. The molecule has 1 aromatic carbocycles. The molecule has 3 aromatic rings. The summed E-state index contributed by atoms with van der Waals surface area (Å²) in [6.07, 6.45) is 3.81. The number of anilines is 1. The highest BCUT2D eigenvalue weighted by molar-refractivity contribution is 6.04. The molecule has 3 rings (SSSR count). The number of ether oxygens (including phenoxy) is 2. The molecular weight excluding hydrogens is 358 g/mol. The SMILES string of the molecule is CCc1c(C(=O)Nc2cnccc2OC)nnn1-c1ccc(OC(C)C)cc1. The van der Waals surface area contributed by atoms with Crippen molar-refractivity contribution >= 4 is 11.6 Å². The summed E-state index contributed by atoms with van der Waals surface area (Å²) in [5, 5.41) is 11.1. The number of carbonyl (C=O) groups is 1. The second kappa shape index (κ2) is 8.51. The van der Waals surface area contributed by atoms with Crippen molar-refractivity contribution in [1.29, 1.82) is 0 Å². The Morgan fingerprint density at radius 1 is 1.21 bits per heavy atom. The molecule has 1 amide bonds. The Bertz CT molecular complexity index is 951. The number of pyridine rings is 1. The first kappa shape index (κ1) is 19.3. The largest absolute Gasteiger partial charge is 0.494 e. The van der Waals surface area contributed by atoms with Crippen molar-refractivity contribution in [3.05, 3.63) is 54.1 Å². The minimum absolute atomic E-state index is 0.100. The van der Waals surface area contributed by atoms with Crippen LogP contribution in [0.2, 0.25) is 0 Å². The van der Waals surface area contributed by atoms with Gasteiger partial charge in [-0.2, -0.15) is 0 Å². The number of aromatic nitrogens is 4. The van der Waals surface area contributed by atoms with Gasteiger partial charge in [0.25, 0.3) is 5.91 Å². The van der Waals surface area contributed by atoms with Crippen LogP contribution in [0, 0.1) is 0 Å². The molecule has 0 saturated heterocycles. The van der Waals surface area contributed by atoms with Crippen molar-refractivity contribution in [2.45, 2.75) is 33.3 Å². The molecule has 8 heteroatoms. The van der Waals surface area contributed by atoms with Crippen molar-refractivity contribution in [3.8, 4) is 17.2 Å². The molecule has 2 heterocycles. The van der Waals surface area contributed by atoms with Crippen LogP contribution in [0.3, 0.4) is 0 Å². The van der Waals surface area contributed by atoms with Crippen LogP contribution in [-0.2, 0) is 6.42 Å². The molecule has 2 aromatic heterocycles. The Kier molecular flexibility index (Phi) is 5.88. The summed E-state index contributed by atoms with van der Waals surface area (Å²) in [7, 11) is 1.53. The van der Waals surface area contributed by atoms with E-state index in [1.807, 2.05) is 45.0 Å². The lowest BCUT2D eigenvalue weighted by atomic mass is 10.2. The van der Waals surface area contributed by atoms with Gasteiger partial charge in [0.15, 0.2) is 5.69 Å². The zero-order valence-corrected chi connectivity index (χ0v) is 16.3. The van der Waals surface area contributed by atoms with E-state index in [1.54, 1.807) is 16.9 Å². The Morgan fingerprint density at radius 3 is 2.61 bits per heavy atom. The van der Waals surface area contributed by atoms with Crippen molar-refractivity contribution in [2.24, 2.45) is 0 Å². The third-order valence-corrected chi connectivity index (χ3v) is 4.02. The van der Waals surface area contributed by atoms with Gasteiger partial charge in [-0.3, -0.25) is 9.78 Å². The van der Waals surface area contributed by atoms with Crippen LogP contribution in [0.5, 0.6) is 11.5 Å². The molecule has 0 aliphatic heterocycles. The number of hydrogen-bond acceptors (Lipinski definition) is 6. The smallest absolute Gasteiger partial charge is 0.278 e. The third kappa shape index (κ3) is 4.11. The van der Waals surface area contributed by atoms with E-state index in [-0.39, 0.29) is 17.7 Å². The Balaban J connectivity index is 1.86. The van der Waals surface area contributed by atoms with E-state index in [0.717, 1.165) is 11.4 Å². The van der Waals surface area contributed by atoms with Gasteiger partial charge in [0.05, 0.1) is 30.8 Å². The first-order valence-electron chi connectivity index (χ1n) is 9.04. The molecule has 0 aliphatic carbocycles. The third-order valence-electron chi connectivity index (χ3n) is 4.02. The van der Waals surface area contributed by atoms with Crippen LogP contribution in [0.1, 0.15) is 37.0 Å². The van der Waals surface area contributed by atoms with Crippen molar-refractivity contribution in [2.75, 3.05) is 12.4 Å². The van der Waals surface area contributed by atoms with E-state index >= 15 is 0 Å². The van der Waals surface area contributed by atoms with E-state index in [0.29, 0.717) is 23.6 Å². The summed E-state index contributed by atoms with van der Waals surface area (Å²) in [6.45, 7) is 5.90. The summed E-state index contributed by atoms with van der Waals surface area (Å²) in [4.78, 5) is 16.8. The van der Waals surface area contributed by atoms with Crippen LogP contribution >= 0.6 is 0 Å². The monoisotopic (exact) mass is 381 g/mol. The van der Waals surface area contributed by atoms with E-state index in [2.05, 4.69) is 20.6 Å². The molecule has 0 unspecified atom stereocenters. The van der Waals surface area contributed by atoms with Gasteiger partial charge in [-0.1, -0.05) is 12.1 Å². The fourth-order valence-corrected chi connectivity index (χ4v) is 2.78. The summed E-state index contributed by atoms with van der Waals surface area (Å²) in [5.74, 6) is 0.933. The maximum atomic E-state index is 12.8. The lowest BCUT2D eigenvalue weighted by molar-refractivity contribution is 0.102. The molecule has 0 spiro atoms. The summed E-state index contributed by atoms with van der Waals surface area (Å²) in [6, 6.07) is 9.19. The number of carbonyl (C=O) groups excluding carboxylic acids is 1. The molecule has 0 saturated carbocycles. The van der Waals surface area contributed by atoms with Gasteiger partial charge in [-0.05, 0) is 44.5 Å². The normalized spacial score (nSPS) is 10.8. The number of amides is 1. The van der Waals surface area contributed by atoms with Crippen LogP contribution in [0.4, 0.5) is 5.69 Å². The van der Waals surface area contributed by atoms with Crippen LogP contribution in [0.25, 0.3) is 5.69 Å². The van der Waals surface area contributed by atoms with Crippen molar-refractivity contribution < 1.29 is 14.3 Å². The van der Waals surface area contributed by atoms with Gasteiger partial charge < -0.3 is 14.8 Å². The summed E-state index contributed by atoms with van der Waals surface area (Å²) < 4.78 is 12.6. The number of rotatable bonds is 7. The van der Waals surface area contributed by atoms with Gasteiger partial charge in [0.2, 0.25) is 0 Å². The first-order chi connectivity index (χ1) is 13.5. The molecule has 28 heavy (non-hydrogen) atoms. The topological polar surface area (TPSA) is 91.2 Å². The molecule has 0 bridgehead atoms. The molecule has 0 atom stereocenters. The van der Waals surface area contributed by atoms with Crippen molar-refractivity contribution in [3.63, 3.8) is 0 Å². The molecule has 1 N–H and O–H groups in total. The zero-order chi connectivity index (χ0) is 20.1. The number of nitrogens with zero attached hydrogens (tertiary/aromatic N) is 4. The standard InChI is InChI=1S/C20H23N5O3/c1-5-17-19(20(26)22-16-12-21-11-10-18(16)27-4)23-24-25(17)14-6-8-15(9-7-14)28-13(2)3/h6-13H,5H2,1-4H3,(H,22,26). The molecule has 0 radical (unpaired) electrons. The molecule has 146 valence electrons. The average Bonchev–Trinajstić information content (AvgIpc) is 3.12. The first-order valence-corrected chi connectivity index (χ1v) is 9.04. The Morgan fingerprint density at radius 2 is 1.96 bits per heavy atom. The average molecular weight is 381 g/mol. The highest BCUT2D eigenvalue weighted by atomic mass is 16.5.